The Kier molecular flexibility index (Phi) is 7.63. The minimum Gasteiger partial charge on any atom is -0.228 e. The molecular weight excluding hydrogens is 544 g/mol. The van der Waals surface area contributed by atoms with Crippen LogP contribution in [0.5, 0.6) is 0 Å². The van der Waals surface area contributed by atoms with E-state index in [9.17, 15) is 0 Å². The van der Waals surface area contributed by atoms with Crippen LogP contribution in [0.25, 0.3) is 67.3 Å². The first-order valence-electron chi connectivity index (χ1n) is 15.4. The Hall–Kier alpha value is -5.60. The first kappa shape index (κ1) is 28.2. The van der Waals surface area contributed by atoms with Crippen LogP contribution >= 0.6 is 0 Å². The van der Waals surface area contributed by atoms with Gasteiger partial charge in [-0.3, -0.25) is 0 Å². The zero-order chi connectivity index (χ0) is 30.8. The first-order chi connectivity index (χ1) is 22.0. The molecule has 0 atom stereocenters. The topological polar surface area (TPSA) is 25.8 Å². The summed E-state index contributed by atoms with van der Waals surface area (Å²) in [5.74, 6) is 0.712. The quantitative estimate of drug-likeness (QED) is 0.196. The zero-order valence-electron chi connectivity index (χ0n) is 25.8. The Labute approximate surface area is 265 Å². The van der Waals surface area contributed by atoms with Gasteiger partial charge in [-0.2, -0.15) is 0 Å². The van der Waals surface area contributed by atoms with E-state index in [-0.39, 0.29) is 0 Å². The number of rotatable bonds is 6. The molecule has 0 unspecified atom stereocenters. The van der Waals surface area contributed by atoms with Crippen LogP contribution in [0, 0.1) is 20.8 Å². The number of benzene rings is 6. The number of aryl methyl sites for hydroxylation is 3. The van der Waals surface area contributed by atoms with Gasteiger partial charge in [-0.05, 0) is 60.2 Å². The monoisotopic (exact) mass is 578 g/mol. The molecule has 0 N–H and O–H groups in total. The van der Waals surface area contributed by atoms with E-state index < -0.39 is 0 Å². The molecule has 2 heteroatoms. The van der Waals surface area contributed by atoms with E-state index in [1.807, 2.05) is 0 Å². The van der Waals surface area contributed by atoms with E-state index in [0.717, 1.165) is 28.1 Å². The summed E-state index contributed by atoms with van der Waals surface area (Å²) < 4.78 is 0. The van der Waals surface area contributed by atoms with E-state index >= 15 is 0 Å². The highest BCUT2D eigenvalue weighted by Gasteiger charge is 2.12. The summed E-state index contributed by atoms with van der Waals surface area (Å²) in [5, 5.41) is 0. The fraction of sp³-hybridized carbons (Fsp3) is 0.0698. The standard InChI is InChI=1S/C43H34N2/c1-29-7-4-10-38(25-29)32-13-19-35(20-14-32)41-28-42(36-21-15-33(16-22-36)39-11-5-8-30(2)26-39)45-43(44-41)37-23-17-34(18-24-37)40-12-6-9-31(3)27-40/h4-28H,1-3H3. The average molecular weight is 579 g/mol. The SMILES string of the molecule is Cc1cccc(-c2ccc(-c3cc(-c4ccc(-c5cccc(C)c5)cc4)nc(-c4ccc(-c5cccc(C)c5)cc4)n3)cc2)c1. The number of aromatic nitrogens is 2. The molecule has 6 aromatic carbocycles. The summed E-state index contributed by atoms with van der Waals surface area (Å²) >= 11 is 0. The summed E-state index contributed by atoms with van der Waals surface area (Å²) in [4.78, 5) is 10.2. The molecule has 45 heavy (non-hydrogen) atoms. The molecule has 1 heterocycles. The van der Waals surface area contributed by atoms with Gasteiger partial charge in [0.1, 0.15) is 0 Å². The largest absolute Gasteiger partial charge is 0.228 e. The maximum absolute atomic E-state index is 5.10. The molecule has 0 aliphatic carbocycles. The predicted octanol–water partition coefficient (Wildman–Crippen LogP) is 11.4. The molecule has 0 saturated carbocycles. The molecule has 0 aliphatic rings. The summed E-state index contributed by atoms with van der Waals surface area (Å²) in [6.45, 7) is 6.38. The van der Waals surface area contributed by atoms with Crippen molar-refractivity contribution < 1.29 is 0 Å². The van der Waals surface area contributed by atoms with Gasteiger partial charge in [-0.15, -0.1) is 0 Å². The Balaban J connectivity index is 1.28. The van der Waals surface area contributed by atoms with Gasteiger partial charge in [0.05, 0.1) is 11.4 Å². The van der Waals surface area contributed by atoms with Crippen molar-refractivity contribution in [3.8, 4) is 67.3 Å². The minimum atomic E-state index is 0.712. The van der Waals surface area contributed by atoms with Crippen molar-refractivity contribution in [3.05, 3.63) is 168 Å². The molecular formula is C43H34N2. The third kappa shape index (κ3) is 6.23. The van der Waals surface area contributed by atoms with E-state index in [2.05, 4.69) is 172 Å². The Morgan fingerprint density at radius 1 is 0.289 bits per heavy atom. The zero-order valence-corrected chi connectivity index (χ0v) is 25.8. The average Bonchev–Trinajstić information content (AvgIpc) is 3.08. The van der Waals surface area contributed by atoms with Gasteiger partial charge in [0.2, 0.25) is 0 Å². The highest BCUT2D eigenvalue weighted by molar-refractivity contribution is 5.76. The Morgan fingerprint density at radius 2 is 0.600 bits per heavy atom. The lowest BCUT2D eigenvalue weighted by Gasteiger charge is -2.11. The van der Waals surface area contributed by atoms with Gasteiger partial charge in [0, 0.05) is 16.7 Å². The lowest BCUT2D eigenvalue weighted by molar-refractivity contribution is 1.18. The first-order valence-corrected chi connectivity index (χ1v) is 15.4. The third-order valence-electron chi connectivity index (χ3n) is 8.28. The molecule has 0 spiro atoms. The van der Waals surface area contributed by atoms with Crippen molar-refractivity contribution in [2.24, 2.45) is 0 Å². The van der Waals surface area contributed by atoms with Gasteiger partial charge in [-0.25, -0.2) is 9.97 Å². The molecule has 0 bridgehead atoms. The van der Waals surface area contributed by atoms with Crippen LogP contribution < -0.4 is 0 Å². The van der Waals surface area contributed by atoms with E-state index in [1.54, 1.807) is 0 Å². The smallest absolute Gasteiger partial charge is 0.160 e. The van der Waals surface area contributed by atoms with Gasteiger partial charge in [0.25, 0.3) is 0 Å². The number of hydrogen-bond acceptors (Lipinski definition) is 2. The summed E-state index contributed by atoms with van der Waals surface area (Å²) in [5.41, 5.74) is 15.9. The maximum Gasteiger partial charge on any atom is 0.160 e. The molecule has 0 saturated heterocycles. The van der Waals surface area contributed by atoms with Crippen LogP contribution in [0.3, 0.4) is 0 Å². The summed E-state index contributed by atoms with van der Waals surface area (Å²) in [7, 11) is 0. The molecule has 1 aromatic heterocycles. The van der Waals surface area contributed by atoms with Crippen molar-refractivity contribution in [1.82, 2.24) is 9.97 Å². The summed E-state index contributed by atoms with van der Waals surface area (Å²) in [6.07, 6.45) is 0. The molecule has 0 amide bonds. The number of hydrogen-bond donors (Lipinski definition) is 0. The fourth-order valence-electron chi connectivity index (χ4n) is 5.82. The lowest BCUT2D eigenvalue weighted by atomic mass is 9.99. The molecule has 7 rings (SSSR count). The Bertz CT molecular complexity index is 1850. The van der Waals surface area contributed by atoms with Crippen molar-refractivity contribution >= 4 is 0 Å². The normalized spacial score (nSPS) is 11.0. The van der Waals surface area contributed by atoms with Gasteiger partial charge in [-0.1, -0.05) is 162 Å². The highest BCUT2D eigenvalue weighted by atomic mass is 14.9. The van der Waals surface area contributed by atoms with Crippen molar-refractivity contribution in [3.63, 3.8) is 0 Å². The number of nitrogens with zero attached hydrogens (tertiary/aromatic N) is 2. The van der Waals surface area contributed by atoms with Crippen LogP contribution in [0.1, 0.15) is 16.7 Å². The van der Waals surface area contributed by atoms with Gasteiger partial charge >= 0.3 is 0 Å². The molecule has 0 fully saturated rings. The predicted molar refractivity (Wildman–Crippen MR) is 189 cm³/mol. The van der Waals surface area contributed by atoms with Crippen LogP contribution in [0.2, 0.25) is 0 Å². The molecule has 216 valence electrons. The van der Waals surface area contributed by atoms with Crippen LogP contribution in [0.15, 0.2) is 152 Å². The van der Waals surface area contributed by atoms with Crippen LogP contribution in [-0.4, -0.2) is 9.97 Å². The van der Waals surface area contributed by atoms with E-state index in [0.29, 0.717) is 5.82 Å². The van der Waals surface area contributed by atoms with E-state index in [1.165, 1.54) is 50.1 Å². The molecule has 7 aromatic rings. The third-order valence-corrected chi connectivity index (χ3v) is 8.28. The van der Waals surface area contributed by atoms with Gasteiger partial charge in [0.15, 0.2) is 5.82 Å². The second kappa shape index (κ2) is 12.2. The molecule has 0 radical (unpaired) electrons. The minimum absolute atomic E-state index is 0.712. The summed E-state index contributed by atoms with van der Waals surface area (Å²) in [6, 6.07) is 53.9. The van der Waals surface area contributed by atoms with Crippen LogP contribution in [0.4, 0.5) is 0 Å². The van der Waals surface area contributed by atoms with Crippen molar-refractivity contribution in [2.75, 3.05) is 0 Å². The fourth-order valence-corrected chi connectivity index (χ4v) is 5.82. The maximum atomic E-state index is 5.10. The lowest BCUT2D eigenvalue weighted by Crippen LogP contribution is -1.96. The second-order valence-electron chi connectivity index (χ2n) is 11.8. The van der Waals surface area contributed by atoms with Crippen LogP contribution in [-0.2, 0) is 0 Å². The highest BCUT2D eigenvalue weighted by Crippen LogP contribution is 2.32. The van der Waals surface area contributed by atoms with E-state index in [4.69, 9.17) is 9.97 Å². The second-order valence-corrected chi connectivity index (χ2v) is 11.8. The van der Waals surface area contributed by atoms with Crippen molar-refractivity contribution in [2.45, 2.75) is 20.8 Å². The molecule has 2 nitrogen and oxygen atoms in total. The molecule has 0 aliphatic heterocycles. The Morgan fingerprint density at radius 3 is 0.933 bits per heavy atom. The van der Waals surface area contributed by atoms with Gasteiger partial charge < -0.3 is 0 Å². The van der Waals surface area contributed by atoms with Crippen molar-refractivity contribution in [1.29, 1.82) is 0 Å².